The fourth-order valence-electron chi connectivity index (χ4n) is 2.13. The van der Waals surface area contributed by atoms with Crippen LogP contribution >= 0.6 is 0 Å². The molecule has 1 heterocycles. The summed E-state index contributed by atoms with van der Waals surface area (Å²) in [6, 6.07) is -0.0148. The summed E-state index contributed by atoms with van der Waals surface area (Å²) in [6.07, 6.45) is 5.37. The van der Waals surface area contributed by atoms with Crippen molar-refractivity contribution in [2.45, 2.75) is 51.5 Å². The van der Waals surface area contributed by atoms with Gasteiger partial charge in [0.2, 0.25) is 0 Å². The van der Waals surface area contributed by atoms with Crippen LogP contribution in [0.4, 0.5) is 4.79 Å². The zero-order chi connectivity index (χ0) is 11.9. The van der Waals surface area contributed by atoms with Crippen LogP contribution in [-0.2, 0) is 0 Å². The number of piperidine rings is 1. The van der Waals surface area contributed by atoms with Crippen molar-refractivity contribution in [2.24, 2.45) is 0 Å². The van der Waals surface area contributed by atoms with E-state index in [0.717, 1.165) is 51.7 Å². The zero-order valence-corrected chi connectivity index (χ0v) is 10.6. The number of unbranched alkanes of at least 4 members (excludes halogenated alkanes) is 1. The number of hydrogen-bond acceptors (Lipinski definition) is 2. The van der Waals surface area contributed by atoms with E-state index in [4.69, 9.17) is 0 Å². The molecular formula is C12H25N3O. The third-order valence-corrected chi connectivity index (χ3v) is 3.34. The van der Waals surface area contributed by atoms with E-state index >= 15 is 0 Å². The van der Waals surface area contributed by atoms with E-state index in [1.807, 2.05) is 0 Å². The quantitative estimate of drug-likeness (QED) is 0.625. The lowest BCUT2D eigenvalue weighted by molar-refractivity contribution is 0.206. The van der Waals surface area contributed by atoms with Crippen molar-refractivity contribution in [3.63, 3.8) is 0 Å². The van der Waals surface area contributed by atoms with E-state index in [9.17, 15) is 4.79 Å². The van der Waals surface area contributed by atoms with Crippen LogP contribution in [-0.4, -0.2) is 31.2 Å². The molecule has 0 radical (unpaired) electrons. The van der Waals surface area contributed by atoms with Gasteiger partial charge in [-0.05, 0) is 32.2 Å². The highest BCUT2D eigenvalue weighted by Crippen LogP contribution is 2.19. The van der Waals surface area contributed by atoms with Gasteiger partial charge in [-0.25, -0.2) is 4.79 Å². The van der Waals surface area contributed by atoms with Crippen LogP contribution < -0.4 is 16.0 Å². The van der Waals surface area contributed by atoms with Gasteiger partial charge in [-0.2, -0.15) is 0 Å². The Bertz CT molecular complexity index is 212. The molecule has 0 bridgehead atoms. The van der Waals surface area contributed by atoms with E-state index in [1.54, 1.807) is 0 Å². The Hall–Kier alpha value is -0.770. The zero-order valence-electron chi connectivity index (χ0n) is 10.6. The van der Waals surface area contributed by atoms with Crippen LogP contribution in [0.15, 0.2) is 0 Å². The highest BCUT2D eigenvalue weighted by Gasteiger charge is 2.31. The molecule has 2 amide bonds. The Labute approximate surface area is 98.6 Å². The molecule has 1 aliphatic heterocycles. The number of carbonyl (C=O) groups excluding carboxylic acids is 1. The largest absolute Gasteiger partial charge is 0.338 e. The molecule has 1 saturated heterocycles. The molecule has 1 unspecified atom stereocenters. The van der Waals surface area contributed by atoms with Crippen LogP contribution in [0.2, 0.25) is 0 Å². The first-order valence-corrected chi connectivity index (χ1v) is 6.49. The number of rotatable bonds is 5. The number of amides is 2. The van der Waals surface area contributed by atoms with Gasteiger partial charge in [0.15, 0.2) is 0 Å². The summed E-state index contributed by atoms with van der Waals surface area (Å²) in [5.74, 6) is 0. The second kappa shape index (κ2) is 6.74. The first kappa shape index (κ1) is 13.3. The predicted molar refractivity (Wildman–Crippen MR) is 66.6 cm³/mol. The van der Waals surface area contributed by atoms with Crippen LogP contribution in [0.3, 0.4) is 0 Å². The number of hydrogen-bond donors (Lipinski definition) is 3. The molecule has 0 aliphatic carbocycles. The van der Waals surface area contributed by atoms with Crippen molar-refractivity contribution in [1.82, 2.24) is 16.0 Å². The Kier molecular flexibility index (Phi) is 5.60. The fraction of sp³-hybridized carbons (Fsp3) is 0.917. The normalized spacial score (nSPS) is 25.1. The molecule has 1 aliphatic rings. The van der Waals surface area contributed by atoms with Crippen molar-refractivity contribution in [1.29, 1.82) is 0 Å². The average molecular weight is 227 g/mol. The summed E-state index contributed by atoms with van der Waals surface area (Å²) >= 11 is 0. The average Bonchev–Trinajstić information content (AvgIpc) is 2.30. The van der Waals surface area contributed by atoms with Gasteiger partial charge in [0.1, 0.15) is 0 Å². The van der Waals surface area contributed by atoms with Crippen molar-refractivity contribution in [3.05, 3.63) is 0 Å². The highest BCUT2D eigenvalue weighted by atomic mass is 16.2. The Morgan fingerprint density at radius 1 is 1.44 bits per heavy atom. The lowest BCUT2D eigenvalue weighted by atomic mass is 9.87. The molecule has 0 aromatic heterocycles. The highest BCUT2D eigenvalue weighted by molar-refractivity contribution is 5.74. The maximum atomic E-state index is 11.7. The third kappa shape index (κ3) is 4.00. The molecule has 0 aromatic rings. The van der Waals surface area contributed by atoms with Gasteiger partial charge < -0.3 is 16.0 Å². The Morgan fingerprint density at radius 2 is 2.25 bits per heavy atom. The molecule has 1 atom stereocenters. The van der Waals surface area contributed by atoms with Gasteiger partial charge in [-0.1, -0.05) is 20.3 Å². The van der Waals surface area contributed by atoms with Gasteiger partial charge in [0, 0.05) is 13.1 Å². The molecular weight excluding hydrogens is 202 g/mol. The molecule has 1 fully saturated rings. The summed E-state index contributed by atoms with van der Waals surface area (Å²) in [7, 11) is 0. The maximum absolute atomic E-state index is 11.7. The predicted octanol–water partition coefficient (Wildman–Crippen LogP) is 1.62. The summed E-state index contributed by atoms with van der Waals surface area (Å²) in [5.41, 5.74) is -0.0332. The minimum absolute atomic E-state index is 0.0148. The van der Waals surface area contributed by atoms with Gasteiger partial charge >= 0.3 is 6.03 Å². The summed E-state index contributed by atoms with van der Waals surface area (Å²) in [5, 5.41) is 9.40. The Morgan fingerprint density at radius 3 is 2.81 bits per heavy atom. The van der Waals surface area contributed by atoms with Gasteiger partial charge in [0.25, 0.3) is 0 Å². The van der Waals surface area contributed by atoms with E-state index in [-0.39, 0.29) is 11.6 Å². The lowest BCUT2D eigenvalue weighted by Gasteiger charge is -2.37. The van der Waals surface area contributed by atoms with Crippen molar-refractivity contribution < 1.29 is 4.79 Å². The van der Waals surface area contributed by atoms with Crippen molar-refractivity contribution in [3.8, 4) is 0 Å². The smallest absolute Gasteiger partial charge is 0.315 e. The fourth-order valence-corrected chi connectivity index (χ4v) is 2.13. The molecule has 16 heavy (non-hydrogen) atoms. The topological polar surface area (TPSA) is 53.2 Å². The third-order valence-electron chi connectivity index (χ3n) is 3.34. The van der Waals surface area contributed by atoms with Crippen LogP contribution in [0.25, 0.3) is 0 Å². The second-order valence-corrected chi connectivity index (χ2v) is 4.65. The number of carbonyl (C=O) groups is 1. The van der Waals surface area contributed by atoms with Gasteiger partial charge in [-0.15, -0.1) is 0 Å². The van der Waals surface area contributed by atoms with Crippen molar-refractivity contribution >= 4 is 6.03 Å². The van der Waals surface area contributed by atoms with Gasteiger partial charge in [-0.3, -0.25) is 0 Å². The molecule has 0 spiro atoms. The SMILES string of the molecule is CCCCNC(=O)NC1(CC)CCCNC1. The first-order valence-electron chi connectivity index (χ1n) is 6.49. The number of nitrogens with one attached hydrogen (secondary N) is 3. The van der Waals surface area contributed by atoms with Crippen LogP contribution in [0.5, 0.6) is 0 Å². The van der Waals surface area contributed by atoms with E-state index in [2.05, 4.69) is 29.8 Å². The minimum atomic E-state index is -0.0332. The molecule has 94 valence electrons. The molecule has 0 saturated carbocycles. The Balaban J connectivity index is 2.33. The molecule has 3 N–H and O–H groups in total. The number of urea groups is 1. The molecule has 0 aromatic carbocycles. The second-order valence-electron chi connectivity index (χ2n) is 4.65. The minimum Gasteiger partial charge on any atom is -0.338 e. The van der Waals surface area contributed by atoms with Crippen molar-refractivity contribution in [2.75, 3.05) is 19.6 Å². The first-order chi connectivity index (χ1) is 7.72. The summed E-state index contributed by atoms with van der Waals surface area (Å²) in [4.78, 5) is 11.7. The van der Waals surface area contributed by atoms with E-state index < -0.39 is 0 Å². The molecule has 4 heteroatoms. The molecule has 1 rings (SSSR count). The lowest BCUT2D eigenvalue weighted by Crippen LogP contribution is -2.59. The summed E-state index contributed by atoms with van der Waals surface area (Å²) < 4.78 is 0. The monoisotopic (exact) mass is 227 g/mol. The standard InChI is InChI=1S/C12H25N3O/c1-3-5-9-14-11(16)15-12(4-2)7-6-8-13-10-12/h13H,3-10H2,1-2H3,(H2,14,15,16). The van der Waals surface area contributed by atoms with Gasteiger partial charge in [0.05, 0.1) is 5.54 Å². The van der Waals surface area contributed by atoms with Crippen LogP contribution in [0.1, 0.15) is 46.0 Å². The molecule has 4 nitrogen and oxygen atoms in total. The maximum Gasteiger partial charge on any atom is 0.315 e. The van der Waals surface area contributed by atoms with Crippen LogP contribution in [0, 0.1) is 0 Å². The van der Waals surface area contributed by atoms with E-state index in [0.29, 0.717) is 0 Å². The van der Waals surface area contributed by atoms with E-state index in [1.165, 1.54) is 0 Å². The summed E-state index contributed by atoms with van der Waals surface area (Å²) in [6.45, 7) is 7.00.